The highest BCUT2D eigenvalue weighted by atomic mass is 32.2. The fourth-order valence-corrected chi connectivity index (χ4v) is 3.95. The van der Waals surface area contributed by atoms with Crippen molar-refractivity contribution in [1.82, 2.24) is 0 Å². The monoisotopic (exact) mass is 538 g/mol. The van der Waals surface area contributed by atoms with Crippen LogP contribution in [0.25, 0.3) is 0 Å². The van der Waals surface area contributed by atoms with Crippen molar-refractivity contribution in [2.75, 3.05) is 39.2 Å². The predicted octanol–water partition coefficient (Wildman–Crippen LogP) is 6.15. The summed E-state index contributed by atoms with van der Waals surface area (Å²) in [6.07, 6.45) is -32.5. The van der Waals surface area contributed by atoms with Gasteiger partial charge in [0, 0.05) is 12.2 Å². The Kier molecular flexibility index (Phi) is 10.7. The highest BCUT2D eigenvalue weighted by Gasteiger charge is 2.74. The number of halogens is 13. The number of likely N-dealkylation sites (N-methyl/N-ethyl adjacent to an activating group) is 1. The fraction of sp³-hybridized carbons (Fsp3) is 1.00. The van der Waals surface area contributed by atoms with E-state index in [9.17, 15) is 62.2 Å². The number of aliphatic hydroxyl groups is 1. The van der Waals surface area contributed by atoms with E-state index >= 15 is 0 Å². The summed E-state index contributed by atoms with van der Waals surface area (Å²) in [6.45, 7) is 0.194. The lowest BCUT2D eigenvalue weighted by atomic mass is 9.83. The summed E-state index contributed by atoms with van der Waals surface area (Å²) >= 11 is 0.727. The molecule has 16 heteroatoms. The molecule has 0 amide bonds. The lowest BCUT2D eigenvalue weighted by Crippen LogP contribution is -2.55. The van der Waals surface area contributed by atoms with Gasteiger partial charge in [-0.1, -0.05) is 0 Å². The van der Waals surface area contributed by atoms with Gasteiger partial charge in [-0.25, -0.2) is 4.39 Å². The third-order valence-corrected chi connectivity index (χ3v) is 5.75. The smallest absolute Gasteiger partial charge is 0.386 e. The van der Waals surface area contributed by atoms with Crippen LogP contribution in [0.15, 0.2) is 0 Å². The molecule has 33 heavy (non-hydrogen) atoms. The Hall–Kier alpha value is -0.640. The first-order valence-electron chi connectivity index (χ1n) is 9.33. The van der Waals surface area contributed by atoms with Gasteiger partial charge in [0.05, 0.1) is 33.0 Å². The van der Waals surface area contributed by atoms with Crippen LogP contribution in [-0.2, 0) is 0 Å². The molecule has 0 heterocycles. The van der Waals surface area contributed by atoms with Crippen molar-refractivity contribution >= 4 is 11.8 Å². The predicted molar refractivity (Wildman–Crippen MR) is 95.1 cm³/mol. The van der Waals surface area contributed by atoms with Crippen LogP contribution in [0.3, 0.4) is 0 Å². The summed E-state index contributed by atoms with van der Waals surface area (Å²) in [5.41, 5.74) is -6.33. The molecular formula is C17H25F13NOS+. The van der Waals surface area contributed by atoms with Crippen LogP contribution in [0.4, 0.5) is 57.1 Å². The summed E-state index contributed by atoms with van der Waals surface area (Å²) in [7, 11) is 5.12. The number of thioether (sulfide) groups is 1. The van der Waals surface area contributed by atoms with Gasteiger partial charge >= 0.3 is 24.7 Å². The molecule has 0 aromatic heterocycles. The van der Waals surface area contributed by atoms with Gasteiger partial charge in [-0.05, 0) is 18.6 Å². The second kappa shape index (κ2) is 11.0. The van der Waals surface area contributed by atoms with Gasteiger partial charge in [0.1, 0.15) is 12.6 Å². The minimum Gasteiger partial charge on any atom is -0.386 e. The summed E-state index contributed by atoms with van der Waals surface area (Å²) in [5, 5.41) is 9.78. The number of hydrogen-bond acceptors (Lipinski definition) is 2. The van der Waals surface area contributed by atoms with Crippen LogP contribution >= 0.6 is 11.8 Å². The van der Waals surface area contributed by atoms with E-state index in [4.69, 9.17) is 0 Å². The molecule has 3 unspecified atom stereocenters. The second-order valence-electron chi connectivity index (χ2n) is 8.70. The van der Waals surface area contributed by atoms with Gasteiger partial charge < -0.3 is 9.59 Å². The van der Waals surface area contributed by atoms with Crippen molar-refractivity contribution in [3.05, 3.63) is 0 Å². The number of quaternary nitrogens is 1. The van der Waals surface area contributed by atoms with E-state index in [1.54, 1.807) is 21.1 Å². The molecule has 1 N–H and O–H groups in total. The molecule has 0 spiro atoms. The van der Waals surface area contributed by atoms with Crippen LogP contribution in [0.2, 0.25) is 0 Å². The number of aliphatic hydroxyl groups excluding tert-OH is 1. The molecular weight excluding hydrogens is 513 g/mol. The molecule has 200 valence electrons. The Morgan fingerprint density at radius 1 is 0.727 bits per heavy atom. The first-order valence-corrected chi connectivity index (χ1v) is 10.5. The first kappa shape index (κ1) is 32.4. The normalized spacial score (nSPS) is 17.7. The van der Waals surface area contributed by atoms with Gasteiger partial charge in [-0.2, -0.15) is 64.4 Å². The molecule has 0 fully saturated rings. The lowest BCUT2D eigenvalue weighted by Gasteiger charge is -2.35. The molecule has 0 bridgehead atoms. The van der Waals surface area contributed by atoms with E-state index in [0.717, 1.165) is 11.8 Å². The molecule has 0 radical (unpaired) electrons. The van der Waals surface area contributed by atoms with Crippen LogP contribution in [0.1, 0.15) is 19.3 Å². The minimum absolute atomic E-state index is 0.0987. The highest BCUT2D eigenvalue weighted by Crippen LogP contribution is 2.53. The maximum Gasteiger partial charge on any atom is 0.431 e. The number of alkyl halides is 13. The van der Waals surface area contributed by atoms with Crippen molar-refractivity contribution < 1.29 is 66.7 Å². The lowest BCUT2D eigenvalue weighted by molar-refractivity contribution is -0.873. The summed E-state index contributed by atoms with van der Waals surface area (Å²) < 4.78 is 169. The zero-order chi connectivity index (χ0) is 26.7. The minimum atomic E-state index is -6.82. The van der Waals surface area contributed by atoms with Crippen molar-refractivity contribution in [2.24, 2.45) is 11.8 Å². The Balaban J connectivity index is 5.51. The third-order valence-electron chi connectivity index (χ3n) is 4.60. The molecule has 0 aromatic rings. The second-order valence-corrected chi connectivity index (χ2v) is 9.85. The molecule has 3 atom stereocenters. The summed E-state index contributed by atoms with van der Waals surface area (Å²) in [4.78, 5) is 0. The van der Waals surface area contributed by atoms with Gasteiger partial charge in [0.2, 0.25) is 0 Å². The van der Waals surface area contributed by atoms with E-state index in [1.807, 2.05) is 0 Å². The quantitative estimate of drug-likeness (QED) is 0.194. The number of nitrogens with zero attached hydrogens (tertiary/aromatic N) is 1. The number of rotatable bonds is 11. The van der Waals surface area contributed by atoms with Crippen LogP contribution < -0.4 is 0 Å². The van der Waals surface area contributed by atoms with E-state index in [0.29, 0.717) is 4.48 Å². The largest absolute Gasteiger partial charge is 0.431 e. The Morgan fingerprint density at radius 3 is 1.48 bits per heavy atom. The molecule has 0 aliphatic carbocycles. The Labute approximate surface area is 186 Å². The van der Waals surface area contributed by atoms with Gasteiger partial charge in [-0.15, -0.1) is 0 Å². The molecule has 0 saturated heterocycles. The van der Waals surface area contributed by atoms with Crippen molar-refractivity contribution in [3.63, 3.8) is 0 Å². The SMILES string of the molecule is C[N+](C)(C)CC(O)CSCCC(CC(CC(F)(C(F)(F)F)C(F)(F)F)C(F)(F)F)C(F)(F)F. The topological polar surface area (TPSA) is 20.2 Å². The zero-order valence-corrected chi connectivity index (χ0v) is 18.5. The third kappa shape index (κ3) is 10.7. The maximum atomic E-state index is 13.8. The summed E-state index contributed by atoms with van der Waals surface area (Å²) in [5.74, 6) is -7.37. The van der Waals surface area contributed by atoms with E-state index in [2.05, 4.69) is 0 Å². The average molecular weight is 538 g/mol. The van der Waals surface area contributed by atoms with Crippen molar-refractivity contribution in [1.29, 1.82) is 0 Å². The number of hydrogen-bond donors (Lipinski definition) is 1. The van der Waals surface area contributed by atoms with E-state index in [1.165, 1.54) is 0 Å². The molecule has 0 aromatic carbocycles. The van der Waals surface area contributed by atoms with E-state index in [-0.39, 0.29) is 12.3 Å². The van der Waals surface area contributed by atoms with Crippen molar-refractivity contribution in [3.8, 4) is 0 Å². The van der Waals surface area contributed by atoms with Crippen LogP contribution in [0, 0.1) is 11.8 Å². The molecule has 0 rings (SSSR count). The first-order chi connectivity index (χ1) is 14.3. The molecule has 0 saturated carbocycles. The molecule has 0 aliphatic rings. The Bertz CT molecular complexity index is 578. The van der Waals surface area contributed by atoms with Gasteiger partial charge in [-0.3, -0.25) is 0 Å². The van der Waals surface area contributed by atoms with Gasteiger partial charge in [0.25, 0.3) is 5.67 Å². The van der Waals surface area contributed by atoms with Crippen LogP contribution in [-0.4, -0.2) is 85.3 Å². The standard InChI is InChI=1S/C17H25F13NOS/c1-31(2,3)8-12(32)9-33-5-4-10(14(19,20)21)6-11(15(22,23)24)7-13(18,16(25,26)27)17(28,29)30/h10-12,32H,4-9H2,1-3H3/q+1. The van der Waals surface area contributed by atoms with E-state index < -0.39 is 73.3 Å². The van der Waals surface area contributed by atoms with Crippen LogP contribution in [0.5, 0.6) is 0 Å². The highest BCUT2D eigenvalue weighted by molar-refractivity contribution is 7.99. The maximum absolute atomic E-state index is 13.8. The summed E-state index contributed by atoms with van der Waals surface area (Å²) in [6, 6.07) is 0. The van der Waals surface area contributed by atoms with Crippen molar-refractivity contribution in [2.45, 2.75) is 55.7 Å². The van der Waals surface area contributed by atoms with Gasteiger partial charge in [0.15, 0.2) is 0 Å². The fourth-order valence-electron chi connectivity index (χ4n) is 2.95. The Morgan fingerprint density at radius 2 is 1.15 bits per heavy atom. The molecule has 0 aliphatic heterocycles. The molecule has 2 nitrogen and oxygen atoms in total. The average Bonchev–Trinajstić information content (AvgIpc) is 2.50. The zero-order valence-electron chi connectivity index (χ0n) is 17.7.